The van der Waals surface area contributed by atoms with E-state index in [0.29, 0.717) is 33.4 Å². The zero-order valence-electron chi connectivity index (χ0n) is 15.8. The lowest BCUT2D eigenvalue weighted by molar-refractivity contribution is -0.119. The Morgan fingerprint density at radius 3 is 2.43 bits per heavy atom. The lowest BCUT2D eigenvalue weighted by Crippen LogP contribution is -2.20. The molecule has 7 heteroatoms. The van der Waals surface area contributed by atoms with Crippen molar-refractivity contribution in [1.82, 2.24) is 0 Å². The SMILES string of the molecule is COc1cc(-c2c(C(C)(C)O)oc(=O)c3ccccc23)ccc1OCC(N)=O. The van der Waals surface area contributed by atoms with Crippen molar-refractivity contribution < 1.29 is 23.8 Å². The van der Waals surface area contributed by atoms with Crippen LogP contribution in [0, 0.1) is 0 Å². The highest BCUT2D eigenvalue weighted by molar-refractivity contribution is 5.97. The summed E-state index contributed by atoms with van der Waals surface area (Å²) >= 11 is 0. The molecule has 0 aliphatic carbocycles. The van der Waals surface area contributed by atoms with Crippen LogP contribution >= 0.6 is 0 Å². The van der Waals surface area contributed by atoms with Crippen molar-refractivity contribution in [3.63, 3.8) is 0 Å². The Kier molecular flexibility index (Phi) is 5.11. The second-order valence-electron chi connectivity index (χ2n) is 6.82. The molecular formula is C21H21NO6. The molecule has 0 saturated carbocycles. The molecule has 0 radical (unpaired) electrons. The number of ether oxygens (including phenoxy) is 2. The van der Waals surface area contributed by atoms with E-state index in [2.05, 4.69) is 0 Å². The van der Waals surface area contributed by atoms with E-state index in [1.165, 1.54) is 7.11 Å². The van der Waals surface area contributed by atoms with Crippen molar-refractivity contribution in [3.05, 3.63) is 58.6 Å². The number of hydrogen-bond acceptors (Lipinski definition) is 6. The Morgan fingerprint density at radius 2 is 1.82 bits per heavy atom. The third-order valence-corrected chi connectivity index (χ3v) is 4.22. The quantitative estimate of drug-likeness (QED) is 0.677. The summed E-state index contributed by atoms with van der Waals surface area (Å²) in [5.74, 6) is 0.252. The molecular weight excluding hydrogens is 362 g/mol. The highest BCUT2D eigenvalue weighted by Gasteiger charge is 2.27. The fraction of sp³-hybridized carbons (Fsp3) is 0.238. The van der Waals surface area contributed by atoms with E-state index < -0.39 is 17.1 Å². The molecule has 7 nitrogen and oxygen atoms in total. The number of rotatable bonds is 6. The average Bonchev–Trinajstić information content (AvgIpc) is 2.65. The van der Waals surface area contributed by atoms with Gasteiger partial charge in [-0.05, 0) is 37.6 Å². The fourth-order valence-corrected chi connectivity index (χ4v) is 3.01. The zero-order valence-corrected chi connectivity index (χ0v) is 15.8. The number of aliphatic hydroxyl groups is 1. The highest BCUT2D eigenvalue weighted by atomic mass is 16.5. The van der Waals surface area contributed by atoms with Crippen molar-refractivity contribution in [2.75, 3.05) is 13.7 Å². The largest absolute Gasteiger partial charge is 0.493 e. The Balaban J connectivity index is 2.27. The molecule has 28 heavy (non-hydrogen) atoms. The summed E-state index contributed by atoms with van der Waals surface area (Å²) in [6.45, 7) is 2.81. The molecule has 0 aliphatic rings. The summed E-state index contributed by atoms with van der Waals surface area (Å²) in [6, 6.07) is 12.1. The van der Waals surface area contributed by atoms with Crippen molar-refractivity contribution in [2.24, 2.45) is 5.73 Å². The summed E-state index contributed by atoms with van der Waals surface area (Å²) in [4.78, 5) is 23.4. The Labute approximate surface area is 161 Å². The number of carbonyl (C=O) groups is 1. The number of nitrogens with two attached hydrogens (primary N) is 1. The van der Waals surface area contributed by atoms with Crippen LogP contribution in [0.25, 0.3) is 21.9 Å². The van der Waals surface area contributed by atoms with Crippen LogP contribution in [0.5, 0.6) is 11.5 Å². The number of benzene rings is 2. The summed E-state index contributed by atoms with van der Waals surface area (Å²) in [6.07, 6.45) is 0. The van der Waals surface area contributed by atoms with E-state index in [9.17, 15) is 14.7 Å². The summed E-state index contributed by atoms with van der Waals surface area (Å²) in [5.41, 5.74) is 4.43. The minimum absolute atomic E-state index is 0.143. The number of primary amides is 1. The Morgan fingerprint density at radius 1 is 1.14 bits per heavy atom. The van der Waals surface area contributed by atoms with E-state index in [-0.39, 0.29) is 12.4 Å². The van der Waals surface area contributed by atoms with Crippen molar-refractivity contribution in [1.29, 1.82) is 0 Å². The van der Waals surface area contributed by atoms with Crippen molar-refractivity contribution in [3.8, 4) is 22.6 Å². The van der Waals surface area contributed by atoms with Gasteiger partial charge in [-0.15, -0.1) is 0 Å². The smallest absolute Gasteiger partial charge is 0.343 e. The predicted octanol–water partition coefficient (Wildman–Crippen LogP) is 2.56. The summed E-state index contributed by atoms with van der Waals surface area (Å²) in [5, 5.41) is 11.6. The van der Waals surface area contributed by atoms with E-state index in [1.807, 2.05) is 0 Å². The van der Waals surface area contributed by atoms with Crippen LogP contribution in [-0.4, -0.2) is 24.7 Å². The van der Waals surface area contributed by atoms with Gasteiger partial charge < -0.3 is 24.7 Å². The zero-order chi connectivity index (χ0) is 20.5. The lowest BCUT2D eigenvalue weighted by atomic mass is 9.92. The Bertz CT molecular complexity index is 1090. The monoisotopic (exact) mass is 383 g/mol. The molecule has 0 fully saturated rings. The van der Waals surface area contributed by atoms with Gasteiger partial charge in [-0.2, -0.15) is 0 Å². The molecule has 1 amide bonds. The molecule has 0 atom stereocenters. The van der Waals surface area contributed by atoms with Crippen LogP contribution in [0.3, 0.4) is 0 Å². The molecule has 146 valence electrons. The van der Waals surface area contributed by atoms with Crippen LogP contribution in [0.4, 0.5) is 0 Å². The van der Waals surface area contributed by atoms with Crippen LogP contribution in [0.2, 0.25) is 0 Å². The first-order chi connectivity index (χ1) is 13.2. The minimum atomic E-state index is -1.40. The van der Waals surface area contributed by atoms with Gasteiger partial charge in [0.15, 0.2) is 18.1 Å². The topological polar surface area (TPSA) is 112 Å². The van der Waals surface area contributed by atoms with Gasteiger partial charge in [0.2, 0.25) is 0 Å². The number of amides is 1. The second kappa shape index (κ2) is 7.36. The van der Waals surface area contributed by atoms with Gasteiger partial charge in [0.1, 0.15) is 11.4 Å². The molecule has 0 unspecified atom stereocenters. The van der Waals surface area contributed by atoms with Gasteiger partial charge >= 0.3 is 5.63 Å². The predicted molar refractivity (Wildman–Crippen MR) is 104 cm³/mol. The molecule has 0 bridgehead atoms. The van der Waals surface area contributed by atoms with Crippen molar-refractivity contribution in [2.45, 2.75) is 19.4 Å². The summed E-state index contributed by atoms with van der Waals surface area (Å²) < 4.78 is 16.2. The molecule has 2 aromatic carbocycles. The maximum Gasteiger partial charge on any atom is 0.343 e. The third kappa shape index (κ3) is 3.70. The standard InChI is InChI=1S/C21H21NO6/c1-21(2,25)19-18(13-6-4-5-7-14(13)20(24)28-19)12-8-9-15(16(10-12)26-3)27-11-17(22)23/h4-10,25H,11H2,1-3H3,(H2,22,23). The van der Waals surface area contributed by atoms with Crippen LogP contribution in [0.15, 0.2) is 51.7 Å². The molecule has 1 heterocycles. The number of methoxy groups -OCH3 is 1. The van der Waals surface area contributed by atoms with E-state index in [4.69, 9.17) is 19.6 Å². The third-order valence-electron chi connectivity index (χ3n) is 4.22. The molecule has 3 rings (SSSR count). The van der Waals surface area contributed by atoms with Gasteiger partial charge in [-0.1, -0.05) is 24.3 Å². The molecule has 0 spiro atoms. The van der Waals surface area contributed by atoms with Crippen LogP contribution < -0.4 is 20.8 Å². The Hall–Kier alpha value is -3.32. The van der Waals surface area contributed by atoms with E-state index in [0.717, 1.165) is 0 Å². The van der Waals surface area contributed by atoms with Gasteiger partial charge in [-0.3, -0.25) is 4.79 Å². The van der Waals surface area contributed by atoms with Gasteiger partial charge in [-0.25, -0.2) is 4.79 Å². The molecule has 3 N–H and O–H groups in total. The summed E-state index contributed by atoms with van der Waals surface area (Å²) in [7, 11) is 1.47. The van der Waals surface area contributed by atoms with Crippen LogP contribution in [0.1, 0.15) is 19.6 Å². The second-order valence-corrected chi connectivity index (χ2v) is 6.82. The van der Waals surface area contributed by atoms with Crippen LogP contribution in [-0.2, 0) is 10.4 Å². The van der Waals surface area contributed by atoms with E-state index >= 15 is 0 Å². The first-order valence-electron chi connectivity index (χ1n) is 8.60. The molecule has 1 aromatic heterocycles. The van der Waals surface area contributed by atoms with Gasteiger partial charge in [0.25, 0.3) is 5.91 Å². The van der Waals surface area contributed by atoms with Gasteiger partial charge in [0.05, 0.1) is 12.5 Å². The number of carbonyl (C=O) groups excluding carboxylic acids is 1. The van der Waals surface area contributed by atoms with Crippen molar-refractivity contribution >= 4 is 16.7 Å². The maximum absolute atomic E-state index is 12.4. The molecule has 0 saturated heterocycles. The highest BCUT2D eigenvalue weighted by Crippen LogP contribution is 2.39. The molecule has 0 aliphatic heterocycles. The minimum Gasteiger partial charge on any atom is -0.493 e. The van der Waals surface area contributed by atoms with E-state index in [1.54, 1.807) is 56.3 Å². The van der Waals surface area contributed by atoms with Gasteiger partial charge in [0, 0.05) is 10.9 Å². The normalized spacial score (nSPS) is 11.4. The first kappa shape index (κ1) is 19.4. The number of fused-ring (bicyclic) bond motifs is 1. The molecule has 3 aromatic rings. The number of hydrogen-bond donors (Lipinski definition) is 2. The average molecular weight is 383 g/mol. The fourth-order valence-electron chi connectivity index (χ4n) is 3.01. The maximum atomic E-state index is 12.4. The first-order valence-corrected chi connectivity index (χ1v) is 8.60. The lowest BCUT2D eigenvalue weighted by Gasteiger charge is -2.21.